The highest BCUT2D eigenvalue weighted by Gasteiger charge is 2.18. The van der Waals surface area contributed by atoms with E-state index in [2.05, 4.69) is 79.7 Å². The molecule has 0 spiro atoms. The predicted octanol–water partition coefficient (Wildman–Crippen LogP) is 8.81. The number of benzene rings is 3. The summed E-state index contributed by atoms with van der Waals surface area (Å²) >= 11 is 0. The van der Waals surface area contributed by atoms with Crippen molar-refractivity contribution in [3.8, 4) is 5.75 Å². The molecule has 0 aliphatic rings. The van der Waals surface area contributed by atoms with Gasteiger partial charge in [-0.3, -0.25) is 4.99 Å². The summed E-state index contributed by atoms with van der Waals surface area (Å²) in [6.45, 7) is 17.8. The molecule has 3 rings (SSSR count). The fourth-order valence-corrected chi connectivity index (χ4v) is 4.68. The van der Waals surface area contributed by atoms with Crippen LogP contribution in [0.15, 0.2) is 53.5 Å². The minimum absolute atomic E-state index is 0.252. The van der Waals surface area contributed by atoms with Gasteiger partial charge in [-0.25, -0.2) is 0 Å². The Morgan fingerprint density at radius 3 is 1.60 bits per heavy atom. The van der Waals surface area contributed by atoms with Crippen LogP contribution < -0.4 is 5.73 Å². The maximum atomic E-state index is 9.83. The van der Waals surface area contributed by atoms with Crippen LogP contribution in [-0.2, 0) is 6.42 Å². The van der Waals surface area contributed by atoms with Crippen LogP contribution in [0.1, 0.15) is 118 Å². The van der Waals surface area contributed by atoms with Crippen LogP contribution in [0, 0.1) is 0 Å². The van der Waals surface area contributed by atoms with Crippen molar-refractivity contribution in [2.75, 3.05) is 5.73 Å². The highest BCUT2D eigenvalue weighted by atomic mass is 16.3. The SMILES string of the molecule is CC(C)c1cc(Cc2cc(C(C)C)c(N=Cc3cccc(O)c3)c(C(C)C)c2)cc(C(C)C)c1N. The van der Waals surface area contributed by atoms with E-state index in [4.69, 9.17) is 10.7 Å². The van der Waals surface area contributed by atoms with Crippen molar-refractivity contribution in [3.63, 3.8) is 0 Å². The fourth-order valence-electron chi connectivity index (χ4n) is 4.68. The van der Waals surface area contributed by atoms with Gasteiger partial charge in [0.1, 0.15) is 5.75 Å². The molecule has 3 heteroatoms. The van der Waals surface area contributed by atoms with Crippen molar-refractivity contribution in [2.24, 2.45) is 4.99 Å². The van der Waals surface area contributed by atoms with E-state index in [0.29, 0.717) is 23.7 Å². The van der Waals surface area contributed by atoms with Crippen LogP contribution in [0.4, 0.5) is 11.4 Å². The van der Waals surface area contributed by atoms with E-state index < -0.39 is 0 Å². The van der Waals surface area contributed by atoms with Gasteiger partial charge in [0.05, 0.1) is 5.69 Å². The van der Waals surface area contributed by atoms with Crippen LogP contribution in [0.25, 0.3) is 0 Å². The third kappa shape index (κ3) is 6.33. The van der Waals surface area contributed by atoms with Gasteiger partial charge < -0.3 is 10.8 Å². The lowest BCUT2D eigenvalue weighted by molar-refractivity contribution is 0.475. The molecule has 0 aliphatic carbocycles. The molecule has 0 saturated heterocycles. The van der Waals surface area contributed by atoms with Gasteiger partial charge in [0.25, 0.3) is 0 Å². The van der Waals surface area contributed by atoms with E-state index in [9.17, 15) is 5.11 Å². The van der Waals surface area contributed by atoms with Crippen LogP contribution in [0.2, 0.25) is 0 Å². The summed E-state index contributed by atoms with van der Waals surface area (Å²) in [6, 6.07) is 16.5. The number of nitrogens with zero attached hydrogens (tertiary/aromatic N) is 1. The van der Waals surface area contributed by atoms with Crippen LogP contribution in [0.3, 0.4) is 0 Å². The number of nitrogens with two attached hydrogens (primary N) is 1. The molecular weight excluding hydrogens is 428 g/mol. The first-order valence-corrected chi connectivity index (χ1v) is 12.9. The van der Waals surface area contributed by atoms with Gasteiger partial charge in [-0.1, -0.05) is 91.8 Å². The van der Waals surface area contributed by atoms with Crippen molar-refractivity contribution in [3.05, 3.63) is 87.5 Å². The highest BCUT2D eigenvalue weighted by molar-refractivity contribution is 5.83. The minimum atomic E-state index is 0.252. The van der Waals surface area contributed by atoms with Crippen molar-refractivity contribution in [1.29, 1.82) is 0 Å². The molecule has 0 unspecified atom stereocenters. The summed E-state index contributed by atoms with van der Waals surface area (Å²) in [6.07, 6.45) is 2.73. The summed E-state index contributed by atoms with van der Waals surface area (Å²) in [5.41, 5.74) is 17.1. The zero-order chi connectivity index (χ0) is 25.9. The second-order valence-electron chi connectivity index (χ2n) is 11.0. The molecule has 0 radical (unpaired) electrons. The third-order valence-corrected chi connectivity index (χ3v) is 6.64. The Morgan fingerprint density at radius 1 is 0.714 bits per heavy atom. The molecule has 3 N–H and O–H groups in total. The third-order valence-electron chi connectivity index (χ3n) is 6.64. The molecule has 3 nitrogen and oxygen atoms in total. The van der Waals surface area contributed by atoms with Crippen molar-refractivity contribution >= 4 is 17.6 Å². The Labute approximate surface area is 212 Å². The van der Waals surface area contributed by atoms with E-state index in [0.717, 1.165) is 23.4 Å². The van der Waals surface area contributed by atoms with Gasteiger partial charge in [0.2, 0.25) is 0 Å². The normalized spacial score (nSPS) is 12.1. The summed E-state index contributed by atoms with van der Waals surface area (Å²) in [5, 5.41) is 9.83. The first-order valence-electron chi connectivity index (χ1n) is 12.9. The Bertz CT molecular complexity index is 1140. The van der Waals surface area contributed by atoms with E-state index in [1.165, 1.54) is 33.4 Å². The topological polar surface area (TPSA) is 58.6 Å². The largest absolute Gasteiger partial charge is 0.508 e. The van der Waals surface area contributed by atoms with Crippen molar-refractivity contribution in [2.45, 2.75) is 85.5 Å². The van der Waals surface area contributed by atoms with Gasteiger partial charge in [-0.05, 0) is 81.2 Å². The number of hydrogen-bond donors (Lipinski definition) is 2. The molecule has 35 heavy (non-hydrogen) atoms. The summed E-state index contributed by atoms with van der Waals surface area (Å²) in [5.74, 6) is 1.71. The van der Waals surface area contributed by atoms with Crippen LogP contribution >= 0.6 is 0 Å². The maximum Gasteiger partial charge on any atom is 0.116 e. The van der Waals surface area contributed by atoms with Crippen LogP contribution in [0.5, 0.6) is 5.75 Å². The van der Waals surface area contributed by atoms with E-state index in [1.807, 2.05) is 18.3 Å². The summed E-state index contributed by atoms with van der Waals surface area (Å²) in [4.78, 5) is 4.94. The van der Waals surface area contributed by atoms with E-state index in [1.54, 1.807) is 12.1 Å². The highest BCUT2D eigenvalue weighted by Crippen LogP contribution is 2.38. The number of rotatable bonds is 8. The second kappa shape index (κ2) is 11.1. The molecule has 0 aliphatic heterocycles. The molecule has 0 saturated carbocycles. The Kier molecular flexibility index (Phi) is 8.43. The minimum Gasteiger partial charge on any atom is -0.508 e. The number of phenolic OH excluding ortho intramolecular Hbond substituents is 1. The molecule has 3 aromatic carbocycles. The Morgan fingerprint density at radius 2 is 1.17 bits per heavy atom. The number of phenols is 1. The molecule has 3 aromatic rings. The molecular formula is C32H42N2O. The molecule has 0 bridgehead atoms. The lowest BCUT2D eigenvalue weighted by atomic mass is 9.86. The molecule has 0 fully saturated rings. The van der Waals surface area contributed by atoms with Crippen LogP contribution in [-0.4, -0.2) is 11.3 Å². The van der Waals surface area contributed by atoms with Crippen molar-refractivity contribution in [1.82, 2.24) is 0 Å². The standard InChI is InChI=1S/C32H42N2O/c1-19(2)27-14-24(15-28(20(3)4)31(27)33)12-25-16-29(21(5)6)32(30(17-25)22(7)8)34-18-23-10-9-11-26(35)13-23/h9-11,13-22,35H,12,33H2,1-8H3. The van der Waals surface area contributed by atoms with Gasteiger partial charge in [0.15, 0.2) is 0 Å². The molecule has 0 atom stereocenters. The smallest absolute Gasteiger partial charge is 0.116 e. The molecule has 0 heterocycles. The fraction of sp³-hybridized carbons (Fsp3) is 0.406. The zero-order valence-electron chi connectivity index (χ0n) is 22.7. The van der Waals surface area contributed by atoms with Gasteiger partial charge in [-0.15, -0.1) is 0 Å². The first-order chi connectivity index (χ1) is 16.5. The average molecular weight is 471 g/mol. The van der Waals surface area contributed by atoms with Crippen molar-refractivity contribution < 1.29 is 5.11 Å². The number of aromatic hydroxyl groups is 1. The predicted molar refractivity (Wildman–Crippen MR) is 152 cm³/mol. The zero-order valence-corrected chi connectivity index (χ0v) is 22.7. The number of aliphatic imine (C=N–C) groups is 1. The average Bonchev–Trinajstić information content (AvgIpc) is 2.78. The maximum absolute atomic E-state index is 9.83. The first kappa shape index (κ1) is 26.5. The molecule has 0 amide bonds. The molecule has 0 aromatic heterocycles. The second-order valence-corrected chi connectivity index (χ2v) is 11.0. The molecule has 186 valence electrons. The van der Waals surface area contributed by atoms with Gasteiger partial charge in [0, 0.05) is 11.9 Å². The Hall–Kier alpha value is -3.07. The summed E-state index contributed by atoms with van der Waals surface area (Å²) < 4.78 is 0. The number of anilines is 1. The lowest BCUT2D eigenvalue weighted by Crippen LogP contribution is -2.06. The van der Waals surface area contributed by atoms with E-state index in [-0.39, 0.29) is 5.75 Å². The lowest BCUT2D eigenvalue weighted by Gasteiger charge is -2.21. The number of hydrogen-bond acceptors (Lipinski definition) is 3. The Balaban J connectivity index is 2.10. The van der Waals surface area contributed by atoms with Gasteiger partial charge in [-0.2, -0.15) is 0 Å². The summed E-state index contributed by atoms with van der Waals surface area (Å²) in [7, 11) is 0. The monoisotopic (exact) mass is 470 g/mol. The van der Waals surface area contributed by atoms with E-state index >= 15 is 0 Å². The van der Waals surface area contributed by atoms with Gasteiger partial charge >= 0.3 is 0 Å². The number of nitrogen functional groups attached to an aromatic ring is 1. The quantitative estimate of drug-likeness (QED) is 0.255.